The number of aliphatic hydroxyl groups is 1. The molecule has 1 aliphatic carbocycles. The van der Waals surface area contributed by atoms with Gasteiger partial charge in [-0.2, -0.15) is 0 Å². The molecule has 1 saturated carbocycles. The number of aliphatic hydroxyl groups excluding tert-OH is 1. The van der Waals surface area contributed by atoms with E-state index >= 15 is 0 Å². The van der Waals surface area contributed by atoms with Crippen LogP contribution in [0.1, 0.15) is 137 Å². The molecule has 2 heteroatoms. The Hall–Kier alpha value is -0.0800. The van der Waals surface area contributed by atoms with Crippen molar-refractivity contribution in [3.05, 3.63) is 0 Å². The predicted octanol–water partition coefficient (Wildman–Crippen LogP) is 7.98. The molecule has 0 aromatic heterocycles. The molecule has 5 atom stereocenters. The van der Waals surface area contributed by atoms with Gasteiger partial charge >= 0.3 is 0 Å². The van der Waals surface area contributed by atoms with E-state index in [0.717, 1.165) is 30.2 Å². The summed E-state index contributed by atoms with van der Waals surface area (Å²) < 4.78 is 0. The van der Waals surface area contributed by atoms with Gasteiger partial charge in [0.25, 0.3) is 0 Å². The summed E-state index contributed by atoms with van der Waals surface area (Å²) in [6, 6.07) is 0.813. The summed E-state index contributed by atoms with van der Waals surface area (Å²) in [7, 11) is 0. The zero-order valence-electron chi connectivity index (χ0n) is 21.1. The minimum Gasteiger partial charge on any atom is -0.396 e. The average Bonchev–Trinajstić information content (AvgIpc) is 2.76. The molecule has 1 heterocycles. The van der Waals surface area contributed by atoms with E-state index in [9.17, 15) is 5.11 Å². The lowest BCUT2D eigenvalue weighted by Gasteiger charge is -2.62. The molecule has 2 aliphatic rings. The van der Waals surface area contributed by atoms with Crippen LogP contribution in [0.5, 0.6) is 0 Å². The molecule has 2 fully saturated rings. The van der Waals surface area contributed by atoms with Crippen molar-refractivity contribution in [2.24, 2.45) is 17.8 Å². The smallest absolute Gasteiger partial charge is 0.0431 e. The predicted molar refractivity (Wildman–Crippen MR) is 132 cm³/mol. The van der Waals surface area contributed by atoms with Crippen LogP contribution in [0, 0.1) is 17.8 Å². The van der Waals surface area contributed by atoms with Crippen molar-refractivity contribution in [3.8, 4) is 0 Å². The lowest BCUT2D eigenvalue weighted by Crippen LogP contribution is -2.66. The van der Waals surface area contributed by atoms with E-state index in [1.165, 1.54) is 109 Å². The fraction of sp³-hybridized carbons (Fsp3) is 1.00. The van der Waals surface area contributed by atoms with Crippen molar-refractivity contribution in [1.82, 2.24) is 4.90 Å². The third-order valence-corrected chi connectivity index (χ3v) is 8.88. The first-order valence-corrected chi connectivity index (χ1v) is 14.0. The number of piperidine rings is 1. The number of fused-ring (bicyclic) bond motifs is 1. The highest BCUT2D eigenvalue weighted by Gasteiger charge is 2.53. The summed E-state index contributed by atoms with van der Waals surface area (Å²) in [6.07, 6.45) is 23.3. The van der Waals surface area contributed by atoms with E-state index in [1.807, 2.05) is 0 Å². The van der Waals surface area contributed by atoms with Crippen LogP contribution in [0.15, 0.2) is 0 Å². The Kier molecular flexibility index (Phi) is 12.3. The average molecular weight is 422 g/mol. The van der Waals surface area contributed by atoms with Gasteiger partial charge in [-0.15, -0.1) is 0 Å². The SMILES string of the molecule is CCCCCCC1C2CCCCC2N(CCCCO)C(C)(CCCCCC)C1CC. The summed E-state index contributed by atoms with van der Waals surface area (Å²) in [5.74, 6) is 2.74. The molecule has 0 aromatic carbocycles. The van der Waals surface area contributed by atoms with Crippen molar-refractivity contribution < 1.29 is 5.11 Å². The second-order valence-electron chi connectivity index (χ2n) is 10.8. The fourth-order valence-corrected chi connectivity index (χ4v) is 7.40. The molecule has 0 bridgehead atoms. The maximum atomic E-state index is 9.42. The van der Waals surface area contributed by atoms with Gasteiger partial charge in [-0.25, -0.2) is 0 Å². The Balaban J connectivity index is 2.24. The topological polar surface area (TPSA) is 23.5 Å². The fourth-order valence-electron chi connectivity index (χ4n) is 7.40. The van der Waals surface area contributed by atoms with E-state index in [0.29, 0.717) is 12.1 Å². The summed E-state index contributed by atoms with van der Waals surface area (Å²) in [5, 5.41) is 9.42. The lowest BCUT2D eigenvalue weighted by molar-refractivity contribution is -0.124. The van der Waals surface area contributed by atoms with E-state index in [1.54, 1.807) is 0 Å². The van der Waals surface area contributed by atoms with Crippen molar-refractivity contribution in [1.29, 1.82) is 0 Å². The monoisotopic (exact) mass is 421 g/mol. The highest BCUT2D eigenvalue weighted by molar-refractivity contribution is 5.06. The molecule has 0 amide bonds. The Morgan fingerprint density at radius 1 is 0.833 bits per heavy atom. The summed E-state index contributed by atoms with van der Waals surface area (Å²) >= 11 is 0. The third kappa shape index (κ3) is 6.71. The normalized spacial score (nSPS) is 32.3. The van der Waals surface area contributed by atoms with Crippen LogP contribution in [0.25, 0.3) is 0 Å². The molecule has 1 saturated heterocycles. The first-order chi connectivity index (χ1) is 14.6. The van der Waals surface area contributed by atoms with Gasteiger partial charge in [-0.3, -0.25) is 4.90 Å². The maximum absolute atomic E-state index is 9.42. The van der Waals surface area contributed by atoms with Crippen molar-refractivity contribution in [2.75, 3.05) is 13.2 Å². The third-order valence-electron chi connectivity index (χ3n) is 8.88. The number of likely N-dealkylation sites (tertiary alicyclic amines) is 1. The molecular formula is C28H55NO. The van der Waals surface area contributed by atoms with Crippen LogP contribution in [0.4, 0.5) is 0 Å². The molecule has 1 N–H and O–H groups in total. The Labute approximate surface area is 189 Å². The number of unbranched alkanes of at least 4 members (excludes halogenated alkanes) is 7. The Morgan fingerprint density at radius 2 is 1.53 bits per heavy atom. The minimum atomic E-state index is 0.354. The van der Waals surface area contributed by atoms with E-state index in [4.69, 9.17) is 0 Å². The van der Waals surface area contributed by atoms with E-state index in [2.05, 4.69) is 32.6 Å². The zero-order chi connectivity index (χ0) is 21.8. The van der Waals surface area contributed by atoms with Gasteiger partial charge in [0.1, 0.15) is 0 Å². The second kappa shape index (κ2) is 14.1. The number of hydrogen-bond donors (Lipinski definition) is 1. The Bertz CT molecular complexity index is 438. The van der Waals surface area contributed by atoms with Gasteiger partial charge in [0.05, 0.1) is 0 Å². The first-order valence-electron chi connectivity index (χ1n) is 14.0. The largest absolute Gasteiger partial charge is 0.396 e. The van der Waals surface area contributed by atoms with Crippen LogP contribution >= 0.6 is 0 Å². The van der Waals surface area contributed by atoms with Crippen molar-refractivity contribution in [2.45, 2.75) is 148 Å². The van der Waals surface area contributed by atoms with E-state index < -0.39 is 0 Å². The van der Waals surface area contributed by atoms with Crippen LogP contribution < -0.4 is 0 Å². The quantitative estimate of drug-likeness (QED) is 0.271. The molecule has 2 rings (SSSR count). The molecule has 5 unspecified atom stereocenters. The summed E-state index contributed by atoms with van der Waals surface area (Å²) in [6.45, 7) is 11.4. The molecular weight excluding hydrogens is 366 g/mol. The van der Waals surface area contributed by atoms with Gasteiger partial charge in [0.15, 0.2) is 0 Å². The van der Waals surface area contributed by atoms with Crippen LogP contribution in [0.2, 0.25) is 0 Å². The maximum Gasteiger partial charge on any atom is 0.0431 e. The summed E-state index contributed by atoms with van der Waals surface area (Å²) in [4.78, 5) is 3.02. The Morgan fingerprint density at radius 3 is 2.20 bits per heavy atom. The molecule has 178 valence electrons. The van der Waals surface area contributed by atoms with Gasteiger partial charge in [-0.1, -0.05) is 91.4 Å². The molecule has 0 radical (unpaired) electrons. The van der Waals surface area contributed by atoms with Gasteiger partial charge in [-0.05, 0) is 69.7 Å². The second-order valence-corrected chi connectivity index (χ2v) is 10.8. The van der Waals surface area contributed by atoms with Crippen LogP contribution in [0.3, 0.4) is 0 Å². The summed E-state index contributed by atoms with van der Waals surface area (Å²) in [5.41, 5.74) is 0.367. The number of rotatable bonds is 15. The number of nitrogens with zero attached hydrogens (tertiary/aromatic N) is 1. The van der Waals surface area contributed by atoms with Crippen molar-refractivity contribution in [3.63, 3.8) is 0 Å². The van der Waals surface area contributed by atoms with Gasteiger partial charge < -0.3 is 5.11 Å². The standard InChI is InChI=1S/C28H55NO/c1-5-8-10-12-18-24-25-19-13-14-20-27(25)29(22-16-17-23-30)28(4,26(24)7-3)21-15-11-9-6-2/h24-27,30H,5-23H2,1-4H3. The van der Waals surface area contributed by atoms with E-state index in [-0.39, 0.29) is 0 Å². The van der Waals surface area contributed by atoms with Gasteiger partial charge in [0, 0.05) is 18.2 Å². The zero-order valence-corrected chi connectivity index (χ0v) is 21.1. The van der Waals surface area contributed by atoms with Crippen LogP contribution in [-0.2, 0) is 0 Å². The molecule has 0 spiro atoms. The highest BCUT2D eigenvalue weighted by Crippen LogP contribution is 2.53. The highest BCUT2D eigenvalue weighted by atomic mass is 16.2. The molecule has 2 nitrogen and oxygen atoms in total. The molecule has 30 heavy (non-hydrogen) atoms. The molecule has 1 aliphatic heterocycles. The van der Waals surface area contributed by atoms with Crippen molar-refractivity contribution >= 4 is 0 Å². The first kappa shape index (κ1) is 26.2. The molecule has 0 aromatic rings. The lowest BCUT2D eigenvalue weighted by atomic mass is 9.57. The minimum absolute atomic E-state index is 0.354. The van der Waals surface area contributed by atoms with Crippen LogP contribution in [-0.4, -0.2) is 34.7 Å². The number of hydrogen-bond acceptors (Lipinski definition) is 2. The van der Waals surface area contributed by atoms with Gasteiger partial charge in [0.2, 0.25) is 0 Å².